The van der Waals surface area contributed by atoms with Crippen molar-refractivity contribution >= 4 is 34.4 Å². The predicted octanol–water partition coefficient (Wildman–Crippen LogP) is 6.69. The quantitative estimate of drug-likeness (QED) is 0.0897. The first-order chi connectivity index (χ1) is 31.5. The minimum atomic E-state index is -4.59. The van der Waals surface area contributed by atoms with Crippen molar-refractivity contribution in [2.24, 2.45) is 0 Å². The van der Waals surface area contributed by atoms with Crippen LogP contribution in [-0.4, -0.2) is 89.5 Å². The lowest BCUT2D eigenvalue weighted by Crippen LogP contribution is -2.42. The van der Waals surface area contributed by atoms with Gasteiger partial charge in [0.05, 0.1) is 50.1 Å². The average molecular weight is 903 g/mol. The van der Waals surface area contributed by atoms with E-state index < -0.39 is 40.7 Å². The van der Waals surface area contributed by atoms with Crippen LogP contribution in [0, 0.1) is 0 Å². The molecule has 4 amide bonds. The molecule has 0 aliphatic carbocycles. The number of methoxy groups -OCH3 is 2. The van der Waals surface area contributed by atoms with E-state index in [0.717, 1.165) is 12.8 Å². The highest BCUT2D eigenvalue weighted by Crippen LogP contribution is 2.36. The summed E-state index contributed by atoms with van der Waals surface area (Å²) >= 11 is 0. The van der Waals surface area contributed by atoms with Crippen LogP contribution in [-0.2, 0) is 29.5 Å². The fourth-order valence-electron chi connectivity index (χ4n) is 8.14. The van der Waals surface area contributed by atoms with Gasteiger partial charge in [0.2, 0.25) is 0 Å². The van der Waals surface area contributed by atoms with Crippen LogP contribution >= 0.6 is 0 Å². The Kier molecular flexibility index (Phi) is 13.1. The van der Waals surface area contributed by atoms with Crippen LogP contribution in [0.1, 0.15) is 72.6 Å². The summed E-state index contributed by atoms with van der Waals surface area (Å²) in [5.74, 6) is 0.504. The van der Waals surface area contributed by atoms with Crippen LogP contribution in [0.2, 0.25) is 0 Å². The zero-order valence-electron chi connectivity index (χ0n) is 35.4. The van der Waals surface area contributed by atoms with E-state index in [2.05, 4.69) is 30.6 Å². The number of amides is 4. The second kappa shape index (κ2) is 19.4. The molecule has 2 saturated heterocycles. The second-order valence-electron chi connectivity index (χ2n) is 15.3. The van der Waals surface area contributed by atoms with Gasteiger partial charge in [-0.25, -0.2) is 19.6 Å². The highest BCUT2D eigenvalue weighted by molar-refractivity contribution is 7.82. The van der Waals surface area contributed by atoms with Crippen molar-refractivity contribution < 1.29 is 45.4 Å². The molecular weight excluding hydrogens is 857 g/mol. The number of imidazole rings is 2. The third-order valence-corrected chi connectivity index (χ3v) is 12.0. The van der Waals surface area contributed by atoms with E-state index in [-0.39, 0.29) is 29.4 Å². The molecule has 0 radical (unpaired) electrons. The fraction of sp³-hybridized carbons (Fsp3) is 0.261. The molecule has 2 aliphatic heterocycles. The summed E-state index contributed by atoms with van der Waals surface area (Å²) in [7, 11) is -2.11. The van der Waals surface area contributed by atoms with Gasteiger partial charge in [0.15, 0.2) is 0 Å². The summed E-state index contributed by atoms with van der Waals surface area (Å²) in [6.07, 6.45) is 4.54. The van der Waals surface area contributed by atoms with E-state index in [1.54, 1.807) is 95.0 Å². The molecule has 0 bridgehead atoms. The topological polar surface area (TPSA) is 227 Å². The smallest absolute Gasteiger partial charge is 0.453 e. The number of likely N-dealkylation sites (tertiary alicyclic amines) is 2. The van der Waals surface area contributed by atoms with E-state index >= 15 is 0 Å². The Morgan fingerprint density at radius 2 is 1.09 bits per heavy atom. The molecule has 4 N–H and O–H groups in total. The largest absolute Gasteiger partial charge is 0.500 e. The third-order valence-electron chi connectivity index (χ3n) is 11.3. The molecule has 19 heteroatoms. The highest BCUT2D eigenvalue weighted by atomic mass is 32.3. The Morgan fingerprint density at radius 1 is 0.615 bits per heavy atom. The average Bonchev–Trinajstić information content (AvgIpc) is 4.18. The Labute approximate surface area is 374 Å². The number of nitrogens with zero attached hydrogens (tertiary/aromatic N) is 4. The van der Waals surface area contributed by atoms with Crippen molar-refractivity contribution in [1.29, 1.82) is 0 Å². The molecular formula is C46H46N8O10S. The van der Waals surface area contributed by atoms with Crippen molar-refractivity contribution in [3.05, 3.63) is 144 Å². The molecule has 0 spiro atoms. The van der Waals surface area contributed by atoms with E-state index in [9.17, 15) is 27.6 Å². The molecule has 4 heterocycles. The van der Waals surface area contributed by atoms with Gasteiger partial charge in [-0.15, -0.1) is 8.42 Å². The lowest BCUT2D eigenvalue weighted by atomic mass is 10.1. The number of hydrogen-bond acceptors (Lipinski definition) is 12. The summed E-state index contributed by atoms with van der Waals surface area (Å²) in [5, 5.41) is 5.32. The first kappa shape index (κ1) is 44.0. The number of ether oxygens (including phenoxy) is 2. The molecule has 0 saturated carbocycles. The Morgan fingerprint density at radius 3 is 1.58 bits per heavy atom. The number of hydrogen-bond donors (Lipinski definition) is 4. The van der Waals surface area contributed by atoms with Gasteiger partial charge in [0, 0.05) is 18.7 Å². The van der Waals surface area contributed by atoms with E-state index in [1.807, 2.05) is 12.1 Å². The minimum absolute atomic E-state index is 0.00637. The zero-order chi connectivity index (χ0) is 45.5. The van der Waals surface area contributed by atoms with Crippen LogP contribution in [0.15, 0.2) is 122 Å². The molecule has 8 rings (SSSR count). The monoisotopic (exact) mass is 902 g/mol. The van der Waals surface area contributed by atoms with Gasteiger partial charge in [-0.1, -0.05) is 72.8 Å². The summed E-state index contributed by atoms with van der Waals surface area (Å²) in [4.78, 5) is 71.3. The van der Waals surface area contributed by atoms with Gasteiger partial charge in [0.1, 0.15) is 35.2 Å². The standard InChI is InChI=1S/C46H46N8O10S/c1-61-45(57)51-39(30-12-5-3-6-13-30)43(55)53-24-10-18-37(53)41-47-27-35(49-41)29-20-22-33(23-21-29)63-65(59,60)64-34-17-9-16-32(26-34)36-28-48-42(50-36)38-19-11-25-54(38)44(56)40(52-46(58)62-2)31-14-7-4-8-15-31/h3-9,12-17,20-23,26-28,37-40H,10-11,18-19,24-25H2,1-2H3,(H,47,49)(H,48,50)(H,51,57)(H,52,58)/t37-,38-,39-,40-/m0/s1. The first-order valence-corrected chi connectivity index (χ1v) is 22.2. The van der Waals surface area contributed by atoms with Gasteiger partial charge in [-0.2, -0.15) is 0 Å². The Hall–Kier alpha value is -7.67. The fourth-order valence-corrected chi connectivity index (χ4v) is 8.86. The lowest BCUT2D eigenvalue weighted by molar-refractivity contribution is -0.135. The van der Waals surface area contributed by atoms with Gasteiger partial charge in [-0.3, -0.25) is 9.59 Å². The molecule has 6 aromatic rings. The molecule has 2 aliphatic rings. The number of rotatable bonds is 14. The van der Waals surface area contributed by atoms with Crippen molar-refractivity contribution in [2.75, 3.05) is 27.3 Å². The highest BCUT2D eigenvalue weighted by Gasteiger charge is 2.38. The molecule has 2 aromatic heterocycles. The number of carbonyl (C=O) groups excluding carboxylic acids is 4. The second-order valence-corrected chi connectivity index (χ2v) is 16.5. The summed E-state index contributed by atoms with van der Waals surface area (Å²) in [5.41, 5.74) is 3.69. The van der Waals surface area contributed by atoms with Gasteiger partial charge in [-0.05, 0) is 78.8 Å². The number of aromatic amines is 2. The van der Waals surface area contributed by atoms with Crippen molar-refractivity contribution in [3.8, 4) is 34.0 Å². The molecule has 4 atom stereocenters. The third kappa shape index (κ3) is 10.1. The van der Waals surface area contributed by atoms with Crippen LogP contribution in [0.3, 0.4) is 0 Å². The lowest BCUT2D eigenvalue weighted by Gasteiger charge is -2.28. The van der Waals surface area contributed by atoms with Crippen molar-refractivity contribution in [2.45, 2.75) is 49.9 Å². The van der Waals surface area contributed by atoms with Gasteiger partial charge >= 0.3 is 22.6 Å². The normalized spacial score (nSPS) is 16.9. The summed E-state index contributed by atoms with van der Waals surface area (Å²) in [6, 6.07) is 27.9. The molecule has 0 unspecified atom stereocenters. The van der Waals surface area contributed by atoms with E-state index in [4.69, 9.17) is 17.8 Å². The number of benzene rings is 4. The SMILES string of the molecule is COC(=O)N[C@H](C(=O)N1CCC[C@H]1c1ncc(-c2ccc(OS(=O)(=O)Oc3cccc(-c4cnc([C@@H]5CCCN5C(=O)[C@@H](NC(=O)OC)c5ccccc5)[nH]4)c3)cc2)[nH]1)c1ccccc1. The molecule has 65 heavy (non-hydrogen) atoms. The number of alkyl carbamates (subject to hydrolysis) is 2. The van der Waals surface area contributed by atoms with Gasteiger partial charge < -0.3 is 48.2 Å². The van der Waals surface area contributed by atoms with Crippen LogP contribution < -0.4 is 19.0 Å². The molecule has 4 aromatic carbocycles. The molecule has 336 valence electrons. The summed E-state index contributed by atoms with van der Waals surface area (Å²) < 4.78 is 46.5. The van der Waals surface area contributed by atoms with E-state index in [1.165, 1.54) is 38.5 Å². The molecule has 2 fully saturated rings. The Balaban J connectivity index is 0.902. The zero-order valence-corrected chi connectivity index (χ0v) is 36.2. The van der Waals surface area contributed by atoms with Crippen molar-refractivity contribution in [1.82, 2.24) is 40.4 Å². The number of carbonyl (C=O) groups is 4. The minimum Gasteiger partial charge on any atom is -0.453 e. The summed E-state index contributed by atoms with van der Waals surface area (Å²) in [6.45, 7) is 0.931. The number of aromatic nitrogens is 4. The first-order valence-electron chi connectivity index (χ1n) is 20.8. The number of nitrogens with one attached hydrogen (secondary N) is 4. The van der Waals surface area contributed by atoms with Crippen LogP contribution in [0.5, 0.6) is 11.5 Å². The maximum atomic E-state index is 13.9. The number of H-pyrrole nitrogens is 2. The molecule has 18 nitrogen and oxygen atoms in total. The van der Waals surface area contributed by atoms with Gasteiger partial charge in [0.25, 0.3) is 11.8 Å². The maximum absolute atomic E-state index is 13.9. The van der Waals surface area contributed by atoms with Crippen molar-refractivity contribution in [3.63, 3.8) is 0 Å². The predicted molar refractivity (Wildman–Crippen MR) is 235 cm³/mol. The maximum Gasteiger partial charge on any atom is 0.500 e. The van der Waals surface area contributed by atoms with Crippen LogP contribution in [0.4, 0.5) is 9.59 Å². The van der Waals surface area contributed by atoms with E-state index in [0.29, 0.717) is 71.2 Å². The Bertz CT molecular complexity index is 2750. The van der Waals surface area contributed by atoms with Crippen LogP contribution in [0.25, 0.3) is 22.5 Å².